The number of nitrogens with one attached hydrogen (secondary N) is 2. The van der Waals surface area contributed by atoms with Crippen molar-refractivity contribution in [2.24, 2.45) is 23.7 Å². The first kappa shape index (κ1) is 50.0. The second-order valence-corrected chi connectivity index (χ2v) is 16.5. The normalized spacial score (nSPS) is 19.4. The van der Waals surface area contributed by atoms with E-state index in [-0.39, 0.29) is 67.1 Å². The van der Waals surface area contributed by atoms with Crippen LogP contribution in [0.2, 0.25) is 0 Å². The predicted molar refractivity (Wildman–Crippen MR) is 221 cm³/mol. The average Bonchev–Trinajstić information content (AvgIpc) is 3.67. The molecule has 1 aliphatic heterocycles. The van der Waals surface area contributed by atoms with Crippen LogP contribution in [0.5, 0.6) is 0 Å². The lowest BCUT2D eigenvalue weighted by Gasteiger charge is -2.41. The van der Waals surface area contributed by atoms with E-state index in [9.17, 15) is 24.3 Å². The number of carbonyl (C=O) groups is 4. The molecule has 2 rings (SSSR count). The van der Waals surface area contributed by atoms with Gasteiger partial charge in [-0.3, -0.25) is 24.1 Å². The summed E-state index contributed by atoms with van der Waals surface area (Å²) >= 11 is 0. The fraction of sp³-hybridized carbons (Fsp3) is 0.767. The zero-order valence-corrected chi connectivity index (χ0v) is 36.8. The Bertz CT molecular complexity index is 1370. The Morgan fingerprint density at radius 3 is 2.11 bits per heavy atom. The molecule has 10 atom stereocenters. The number of likely N-dealkylation sites (N-methyl/N-ethyl adjacent to an activating group) is 2. The SMILES string of the molecule is CC[C@H](C)[C@@H]([C@@H](CC(=O)N1CCCC1[C@H](OC)[C@@H](C)C(=O)N[C@H](C)[C@@H](O)c1ccccc1)OC)N(C)C(=O)C(NC(=O)C(C(C)C)N(C)CCOCCO)C(C)C. The fourth-order valence-corrected chi connectivity index (χ4v) is 8.18. The molecular weight excluding hydrogens is 730 g/mol. The molecule has 57 heavy (non-hydrogen) atoms. The number of aliphatic hydroxyl groups excluding tert-OH is 2. The molecule has 1 fully saturated rings. The molecule has 3 unspecified atom stereocenters. The summed E-state index contributed by atoms with van der Waals surface area (Å²) in [6.07, 6.45) is 0.00162. The van der Waals surface area contributed by atoms with E-state index in [0.717, 1.165) is 12.8 Å². The molecule has 1 aliphatic rings. The number of carbonyl (C=O) groups excluding carboxylic acids is 4. The highest BCUT2D eigenvalue weighted by Crippen LogP contribution is 2.30. The highest BCUT2D eigenvalue weighted by atomic mass is 16.5. The van der Waals surface area contributed by atoms with Crippen LogP contribution >= 0.6 is 0 Å². The molecule has 0 radical (unpaired) electrons. The number of hydrogen-bond donors (Lipinski definition) is 4. The van der Waals surface area contributed by atoms with Crippen molar-refractivity contribution in [3.63, 3.8) is 0 Å². The number of amides is 4. The molecule has 14 nitrogen and oxygen atoms in total. The zero-order valence-electron chi connectivity index (χ0n) is 36.8. The van der Waals surface area contributed by atoms with E-state index >= 15 is 0 Å². The van der Waals surface area contributed by atoms with Crippen LogP contribution in [-0.4, -0.2) is 152 Å². The number of aliphatic hydroxyl groups is 2. The molecule has 0 saturated carbocycles. The van der Waals surface area contributed by atoms with E-state index in [2.05, 4.69) is 10.6 Å². The van der Waals surface area contributed by atoms with Gasteiger partial charge >= 0.3 is 0 Å². The molecule has 14 heteroatoms. The molecule has 4 N–H and O–H groups in total. The Hall–Kier alpha value is -3.14. The zero-order chi connectivity index (χ0) is 43.0. The lowest BCUT2D eigenvalue weighted by atomic mass is 9.89. The van der Waals surface area contributed by atoms with Crippen molar-refractivity contribution in [3.8, 4) is 0 Å². The molecule has 0 aliphatic carbocycles. The second kappa shape index (κ2) is 24.7. The van der Waals surface area contributed by atoms with E-state index in [1.165, 1.54) is 0 Å². The molecular formula is C43H75N5O9. The van der Waals surface area contributed by atoms with Crippen molar-refractivity contribution in [1.82, 2.24) is 25.3 Å². The number of ether oxygens (including phenoxy) is 3. The summed E-state index contributed by atoms with van der Waals surface area (Å²) in [5, 5.41) is 25.9. The van der Waals surface area contributed by atoms with Gasteiger partial charge in [0, 0.05) is 34.4 Å². The summed E-state index contributed by atoms with van der Waals surface area (Å²) in [7, 11) is 6.67. The van der Waals surface area contributed by atoms with Gasteiger partial charge in [0.25, 0.3) is 0 Å². The van der Waals surface area contributed by atoms with Gasteiger partial charge in [-0.1, -0.05) is 85.2 Å². The van der Waals surface area contributed by atoms with Gasteiger partial charge in [-0.2, -0.15) is 0 Å². The maximum absolute atomic E-state index is 14.4. The van der Waals surface area contributed by atoms with E-state index in [1.807, 2.05) is 83.8 Å². The number of likely N-dealkylation sites (tertiary alicyclic amines) is 1. The van der Waals surface area contributed by atoms with Crippen LogP contribution in [0.3, 0.4) is 0 Å². The van der Waals surface area contributed by atoms with E-state index in [4.69, 9.17) is 19.3 Å². The minimum Gasteiger partial charge on any atom is -0.394 e. The van der Waals surface area contributed by atoms with E-state index in [0.29, 0.717) is 31.7 Å². The Kier molecular flexibility index (Phi) is 21.7. The maximum atomic E-state index is 14.4. The number of rotatable bonds is 25. The van der Waals surface area contributed by atoms with Crippen molar-refractivity contribution in [2.75, 3.05) is 61.2 Å². The van der Waals surface area contributed by atoms with E-state index in [1.54, 1.807) is 44.9 Å². The third-order valence-corrected chi connectivity index (χ3v) is 11.7. The lowest BCUT2D eigenvalue weighted by molar-refractivity contribution is -0.148. The van der Waals surface area contributed by atoms with Gasteiger partial charge < -0.3 is 44.9 Å². The second-order valence-electron chi connectivity index (χ2n) is 16.5. The van der Waals surface area contributed by atoms with Crippen LogP contribution in [0.25, 0.3) is 0 Å². The van der Waals surface area contributed by atoms with Crippen molar-refractivity contribution in [1.29, 1.82) is 0 Å². The summed E-state index contributed by atoms with van der Waals surface area (Å²) in [6.45, 7) is 16.8. The smallest absolute Gasteiger partial charge is 0.245 e. The number of benzene rings is 1. The summed E-state index contributed by atoms with van der Waals surface area (Å²) < 4.78 is 17.4. The minimum atomic E-state index is -0.887. The first-order valence-electron chi connectivity index (χ1n) is 20.8. The van der Waals surface area contributed by atoms with Gasteiger partial charge in [-0.15, -0.1) is 0 Å². The highest BCUT2D eigenvalue weighted by molar-refractivity contribution is 5.90. The molecule has 0 spiro atoms. The highest BCUT2D eigenvalue weighted by Gasteiger charge is 2.43. The third-order valence-electron chi connectivity index (χ3n) is 11.7. The number of methoxy groups -OCH3 is 2. The number of nitrogens with zero attached hydrogens (tertiary/aromatic N) is 3. The fourth-order valence-electron chi connectivity index (χ4n) is 8.18. The van der Waals surface area contributed by atoms with Crippen LogP contribution in [0, 0.1) is 23.7 Å². The summed E-state index contributed by atoms with van der Waals surface area (Å²) in [4.78, 5) is 61.3. The van der Waals surface area contributed by atoms with E-state index < -0.39 is 48.4 Å². The average molecular weight is 806 g/mol. The van der Waals surface area contributed by atoms with Crippen molar-refractivity contribution < 1.29 is 43.6 Å². The monoisotopic (exact) mass is 806 g/mol. The van der Waals surface area contributed by atoms with Crippen molar-refractivity contribution in [3.05, 3.63) is 35.9 Å². The summed E-state index contributed by atoms with van der Waals surface area (Å²) in [5.41, 5.74) is 0.703. The lowest BCUT2D eigenvalue weighted by Crippen LogP contribution is -2.60. The Labute approximate surface area is 342 Å². The molecule has 326 valence electrons. The van der Waals surface area contributed by atoms with Gasteiger partial charge in [-0.05, 0) is 50.1 Å². The Balaban J connectivity index is 2.24. The molecule has 0 bridgehead atoms. The first-order valence-corrected chi connectivity index (χ1v) is 20.8. The van der Waals surface area contributed by atoms with Gasteiger partial charge in [0.2, 0.25) is 23.6 Å². The largest absolute Gasteiger partial charge is 0.394 e. The standard InChI is InChI=1S/C43H75N5O9/c1-13-29(6)38(47(10)43(54)36(27(2)3)45-42(53)37(28(4)5)46(9)22-24-57-25-23-49)34(55-11)26-35(50)48-21-17-20-33(48)40(56-12)30(7)41(52)44-31(8)39(51)32-18-15-14-16-19-32/h14-16,18-19,27-31,33-34,36-40,49,51H,13,17,20-26H2,1-12H3,(H,44,52)(H,45,53)/t29-,30+,31+,33?,34+,36?,37?,38-,39+,40+/m0/s1. The van der Waals surface area contributed by atoms with Gasteiger partial charge in [0.05, 0.1) is 74.6 Å². The van der Waals surface area contributed by atoms with Crippen LogP contribution in [0.1, 0.15) is 92.7 Å². The molecule has 4 amide bonds. The van der Waals surface area contributed by atoms with Crippen LogP contribution in [-0.2, 0) is 33.4 Å². The van der Waals surface area contributed by atoms with Crippen molar-refractivity contribution in [2.45, 2.75) is 130 Å². The minimum absolute atomic E-state index is 0.00815. The molecule has 0 aromatic heterocycles. The van der Waals surface area contributed by atoms with Crippen LogP contribution < -0.4 is 10.6 Å². The maximum Gasteiger partial charge on any atom is 0.245 e. The van der Waals surface area contributed by atoms with Gasteiger partial charge in [-0.25, -0.2) is 0 Å². The van der Waals surface area contributed by atoms with Gasteiger partial charge in [0.15, 0.2) is 0 Å². The predicted octanol–water partition coefficient (Wildman–Crippen LogP) is 3.25. The summed E-state index contributed by atoms with van der Waals surface area (Å²) in [5.74, 6) is -1.90. The summed E-state index contributed by atoms with van der Waals surface area (Å²) in [6, 6.07) is 6.44. The molecule has 1 saturated heterocycles. The third kappa shape index (κ3) is 14.0. The quantitative estimate of drug-likeness (QED) is 0.108. The first-order chi connectivity index (χ1) is 27.0. The van der Waals surface area contributed by atoms with Crippen LogP contribution in [0.15, 0.2) is 30.3 Å². The molecule has 1 aromatic rings. The Morgan fingerprint density at radius 2 is 1.56 bits per heavy atom. The van der Waals surface area contributed by atoms with Crippen LogP contribution in [0.4, 0.5) is 0 Å². The molecule has 1 heterocycles. The Morgan fingerprint density at radius 1 is 0.912 bits per heavy atom. The molecule has 1 aromatic carbocycles. The van der Waals surface area contributed by atoms with Crippen molar-refractivity contribution >= 4 is 23.6 Å². The number of hydrogen-bond acceptors (Lipinski definition) is 10. The van der Waals surface area contributed by atoms with Gasteiger partial charge in [0.1, 0.15) is 6.04 Å². The topological polar surface area (TPSA) is 170 Å².